The number of hydrogen-bond donors (Lipinski definition) is 2. The molecule has 1 saturated heterocycles. The second kappa shape index (κ2) is 6.24. The number of hydrogen-bond acceptors (Lipinski definition) is 4. The van der Waals surface area contributed by atoms with E-state index < -0.39 is 0 Å². The summed E-state index contributed by atoms with van der Waals surface area (Å²) >= 11 is 1.90. The molecule has 1 aromatic rings. The molecule has 6 heteroatoms. The van der Waals surface area contributed by atoms with Crippen molar-refractivity contribution in [3.8, 4) is 0 Å². The first kappa shape index (κ1) is 13.4. The monoisotopic (exact) mass is 268 g/mol. The van der Waals surface area contributed by atoms with Gasteiger partial charge in [0.15, 0.2) is 0 Å². The number of carbonyl (C=O) groups excluding carboxylic acids is 1. The minimum atomic E-state index is 0.0540. The zero-order valence-electron chi connectivity index (χ0n) is 10.8. The van der Waals surface area contributed by atoms with Crippen LogP contribution in [0, 0.1) is 0 Å². The maximum Gasteiger partial charge on any atom is 0.226 e. The van der Waals surface area contributed by atoms with Crippen LogP contribution in [0.5, 0.6) is 0 Å². The zero-order valence-corrected chi connectivity index (χ0v) is 11.7. The standard InChI is InChI=1S/C12H20N4OS/c1-9(2)16-7-11(6-14-16)15-12(17)5-10-8-18-4-3-13-10/h6-7,9-10,13H,3-5,8H2,1-2H3,(H,15,17). The van der Waals surface area contributed by atoms with Crippen LogP contribution in [0.4, 0.5) is 5.69 Å². The first-order chi connectivity index (χ1) is 8.65. The van der Waals surface area contributed by atoms with E-state index in [4.69, 9.17) is 0 Å². The largest absolute Gasteiger partial charge is 0.323 e. The van der Waals surface area contributed by atoms with Crippen molar-refractivity contribution in [2.45, 2.75) is 32.4 Å². The van der Waals surface area contributed by atoms with Crippen molar-refractivity contribution in [2.24, 2.45) is 0 Å². The van der Waals surface area contributed by atoms with Crippen LogP contribution in [-0.2, 0) is 4.79 Å². The Morgan fingerprint density at radius 3 is 3.17 bits per heavy atom. The number of thioether (sulfide) groups is 1. The van der Waals surface area contributed by atoms with Gasteiger partial charge in [0.25, 0.3) is 0 Å². The number of nitrogens with zero attached hydrogens (tertiary/aromatic N) is 2. The molecule has 0 radical (unpaired) electrons. The van der Waals surface area contributed by atoms with Crippen molar-refractivity contribution in [1.82, 2.24) is 15.1 Å². The van der Waals surface area contributed by atoms with Crippen molar-refractivity contribution in [3.63, 3.8) is 0 Å². The Labute approximate surface area is 112 Å². The summed E-state index contributed by atoms with van der Waals surface area (Å²) < 4.78 is 1.84. The van der Waals surface area contributed by atoms with Gasteiger partial charge in [-0.05, 0) is 13.8 Å². The molecule has 2 heterocycles. The summed E-state index contributed by atoms with van der Waals surface area (Å²) in [6.07, 6.45) is 4.09. The van der Waals surface area contributed by atoms with Crippen molar-refractivity contribution in [1.29, 1.82) is 0 Å². The Kier molecular flexibility index (Phi) is 4.66. The Balaban J connectivity index is 1.82. The van der Waals surface area contributed by atoms with E-state index in [9.17, 15) is 4.79 Å². The van der Waals surface area contributed by atoms with Crippen LogP contribution >= 0.6 is 11.8 Å². The van der Waals surface area contributed by atoms with E-state index in [-0.39, 0.29) is 5.91 Å². The van der Waals surface area contributed by atoms with Crippen LogP contribution < -0.4 is 10.6 Å². The highest BCUT2D eigenvalue weighted by Crippen LogP contribution is 2.13. The molecule has 0 aromatic carbocycles. The predicted molar refractivity (Wildman–Crippen MR) is 75.0 cm³/mol. The van der Waals surface area contributed by atoms with Gasteiger partial charge < -0.3 is 10.6 Å². The quantitative estimate of drug-likeness (QED) is 0.869. The Morgan fingerprint density at radius 1 is 1.72 bits per heavy atom. The van der Waals surface area contributed by atoms with Gasteiger partial charge in [0.2, 0.25) is 5.91 Å². The molecule has 1 unspecified atom stereocenters. The molecule has 2 rings (SSSR count). The molecule has 1 atom stereocenters. The summed E-state index contributed by atoms with van der Waals surface area (Å²) in [6.45, 7) is 5.11. The Morgan fingerprint density at radius 2 is 2.56 bits per heavy atom. The van der Waals surface area contributed by atoms with Crippen LogP contribution in [0.25, 0.3) is 0 Å². The van der Waals surface area contributed by atoms with Gasteiger partial charge in [-0.2, -0.15) is 16.9 Å². The van der Waals surface area contributed by atoms with Crippen molar-refractivity contribution >= 4 is 23.4 Å². The molecule has 2 N–H and O–H groups in total. The van der Waals surface area contributed by atoms with E-state index in [1.807, 2.05) is 22.6 Å². The van der Waals surface area contributed by atoms with Gasteiger partial charge in [-0.3, -0.25) is 9.48 Å². The van der Waals surface area contributed by atoms with E-state index in [1.54, 1.807) is 6.20 Å². The fourth-order valence-corrected chi connectivity index (χ4v) is 2.82. The first-order valence-electron chi connectivity index (χ1n) is 6.30. The van der Waals surface area contributed by atoms with Crippen LogP contribution in [0.3, 0.4) is 0 Å². The van der Waals surface area contributed by atoms with Crippen LogP contribution in [0.2, 0.25) is 0 Å². The highest BCUT2D eigenvalue weighted by molar-refractivity contribution is 7.99. The van der Waals surface area contributed by atoms with Crippen LogP contribution in [0.15, 0.2) is 12.4 Å². The number of aromatic nitrogens is 2. The van der Waals surface area contributed by atoms with Gasteiger partial charge >= 0.3 is 0 Å². The van der Waals surface area contributed by atoms with Crippen LogP contribution in [-0.4, -0.2) is 39.8 Å². The number of nitrogens with one attached hydrogen (secondary N) is 2. The minimum Gasteiger partial charge on any atom is -0.323 e. The third kappa shape index (κ3) is 3.74. The summed E-state index contributed by atoms with van der Waals surface area (Å²) in [5.74, 6) is 2.20. The second-order valence-electron chi connectivity index (χ2n) is 4.78. The highest BCUT2D eigenvalue weighted by atomic mass is 32.2. The van der Waals surface area contributed by atoms with Gasteiger partial charge in [-0.1, -0.05) is 0 Å². The molecule has 1 aliphatic heterocycles. The molecule has 100 valence electrons. The lowest BCUT2D eigenvalue weighted by molar-refractivity contribution is -0.116. The Hall–Kier alpha value is -1.01. The van der Waals surface area contributed by atoms with E-state index in [0.29, 0.717) is 18.5 Å². The lowest BCUT2D eigenvalue weighted by Crippen LogP contribution is -2.39. The average molecular weight is 268 g/mol. The molecule has 0 bridgehead atoms. The molecule has 0 aliphatic carbocycles. The summed E-state index contributed by atoms with van der Waals surface area (Å²) in [5, 5.41) is 10.4. The SMILES string of the molecule is CC(C)n1cc(NC(=O)CC2CSCCN2)cn1. The van der Waals surface area contributed by atoms with Crippen molar-refractivity contribution in [3.05, 3.63) is 12.4 Å². The molecule has 1 amide bonds. The highest BCUT2D eigenvalue weighted by Gasteiger charge is 2.17. The number of rotatable bonds is 4. The number of amides is 1. The maximum atomic E-state index is 11.9. The maximum absolute atomic E-state index is 11.9. The molecule has 1 aliphatic rings. The van der Waals surface area contributed by atoms with Crippen LogP contribution in [0.1, 0.15) is 26.3 Å². The molecule has 18 heavy (non-hydrogen) atoms. The molecule has 1 fully saturated rings. The summed E-state index contributed by atoms with van der Waals surface area (Å²) in [6, 6.07) is 0.607. The number of anilines is 1. The van der Waals surface area contributed by atoms with E-state index in [1.165, 1.54) is 0 Å². The van der Waals surface area contributed by atoms with Gasteiger partial charge in [-0.25, -0.2) is 0 Å². The average Bonchev–Trinajstić information content (AvgIpc) is 2.78. The number of carbonyl (C=O) groups is 1. The van der Waals surface area contributed by atoms with Crippen molar-refractivity contribution < 1.29 is 4.79 Å². The molecular weight excluding hydrogens is 248 g/mol. The van der Waals surface area contributed by atoms with E-state index >= 15 is 0 Å². The first-order valence-corrected chi connectivity index (χ1v) is 7.46. The van der Waals surface area contributed by atoms with Gasteiger partial charge in [0, 0.05) is 42.8 Å². The third-order valence-electron chi connectivity index (χ3n) is 2.84. The summed E-state index contributed by atoms with van der Waals surface area (Å²) in [4.78, 5) is 11.9. The minimum absolute atomic E-state index is 0.0540. The van der Waals surface area contributed by atoms with Gasteiger partial charge in [0.05, 0.1) is 11.9 Å². The third-order valence-corrected chi connectivity index (χ3v) is 3.98. The van der Waals surface area contributed by atoms with Gasteiger partial charge in [-0.15, -0.1) is 0 Å². The Bertz CT molecular complexity index is 399. The summed E-state index contributed by atoms with van der Waals surface area (Å²) in [7, 11) is 0. The fourth-order valence-electron chi connectivity index (χ4n) is 1.87. The second-order valence-corrected chi connectivity index (χ2v) is 5.93. The normalized spacial score (nSPS) is 20.1. The zero-order chi connectivity index (χ0) is 13.0. The molecular formula is C12H20N4OS. The molecule has 0 saturated carbocycles. The molecule has 5 nitrogen and oxygen atoms in total. The smallest absolute Gasteiger partial charge is 0.226 e. The van der Waals surface area contributed by atoms with Gasteiger partial charge in [0.1, 0.15) is 0 Å². The lowest BCUT2D eigenvalue weighted by atomic mass is 10.2. The topological polar surface area (TPSA) is 59.0 Å². The fraction of sp³-hybridized carbons (Fsp3) is 0.667. The van der Waals surface area contributed by atoms with E-state index in [0.717, 1.165) is 23.7 Å². The van der Waals surface area contributed by atoms with E-state index in [2.05, 4.69) is 29.6 Å². The van der Waals surface area contributed by atoms with Crippen molar-refractivity contribution in [2.75, 3.05) is 23.4 Å². The lowest BCUT2D eigenvalue weighted by Gasteiger charge is -2.22. The summed E-state index contributed by atoms with van der Waals surface area (Å²) in [5.41, 5.74) is 0.775. The molecule has 0 spiro atoms. The predicted octanol–water partition coefficient (Wildman–Crippen LogP) is 1.50. The molecule has 1 aromatic heterocycles.